The molecule has 0 atom stereocenters. The zero-order valence-electron chi connectivity index (χ0n) is 6.15. The molecule has 1 fully saturated rings. The summed E-state index contributed by atoms with van der Waals surface area (Å²) in [5.74, 6) is -0.0795. The van der Waals surface area contributed by atoms with E-state index in [0.29, 0.717) is 0 Å². The number of oxime groups is 1. The first kappa shape index (κ1) is 8.98. The van der Waals surface area contributed by atoms with Gasteiger partial charge in [0.15, 0.2) is 0 Å². The molecule has 0 unspecified atom stereocenters. The van der Waals surface area contributed by atoms with E-state index < -0.39 is 12.7 Å². The van der Waals surface area contributed by atoms with Gasteiger partial charge in [0, 0.05) is 13.1 Å². The largest absolute Gasteiger partial charge is 0.408 e. The van der Waals surface area contributed by atoms with Gasteiger partial charge in [-0.1, -0.05) is 5.16 Å². The molecule has 0 saturated carbocycles. The van der Waals surface area contributed by atoms with Crippen LogP contribution in [-0.4, -0.2) is 41.9 Å². The van der Waals surface area contributed by atoms with Crippen LogP contribution in [0.5, 0.6) is 0 Å². The standard InChI is InChI=1S/C5H9F2N3O2/c6-4(7)12-3-1-10(2-3)5(8)9-11/h3-4,11H,1-2H2,(H2,8,9). The van der Waals surface area contributed by atoms with Gasteiger partial charge < -0.3 is 20.6 Å². The first-order valence-electron chi connectivity index (χ1n) is 3.29. The van der Waals surface area contributed by atoms with E-state index in [4.69, 9.17) is 10.9 Å². The lowest BCUT2D eigenvalue weighted by Crippen LogP contribution is -2.57. The smallest absolute Gasteiger partial charge is 0.345 e. The van der Waals surface area contributed by atoms with Crippen molar-refractivity contribution in [1.29, 1.82) is 0 Å². The van der Waals surface area contributed by atoms with Gasteiger partial charge in [-0.3, -0.25) is 0 Å². The van der Waals surface area contributed by atoms with Gasteiger partial charge in [0.25, 0.3) is 0 Å². The Bertz CT molecular complexity index is 182. The Kier molecular flexibility index (Phi) is 2.64. The summed E-state index contributed by atoms with van der Waals surface area (Å²) >= 11 is 0. The molecule has 1 saturated heterocycles. The third kappa shape index (κ3) is 1.94. The van der Waals surface area contributed by atoms with Gasteiger partial charge in [0.2, 0.25) is 5.96 Å². The van der Waals surface area contributed by atoms with E-state index in [2.05, 4.69) is 9.89 Å². The predicted molar refractivity (Wildman–Crippen MR) is 35.9 cm³/mol. The molecule has 0 aliphatic carbocycles. The zero-order valence-corrected chi connectivity index (χ0v) is 6.15. The van der Waals surface area contributed by atoms with Crippen molar-refractivity contribution in [2.45, 2.75) is 12.7 Å². The Morgan fingerprint density at radius 1 is 1.67 bits per heavy atom. The Labute approximate surface area is 67.4 Å². The highest BCUT2D eigenvalue weighted by molar-refractivity contribution is 5.78. The lowest BCUT2D eigenvalue weighted by Gasteiger charge is -2.38. The number of rotatable bonds is 2. The number of nitrogens with zero attached hydrogens (tertiary/aromatic N) is 2. The molecule has 1 aliphatic rings. The van der Waals surface area contributed by atoms with Crippen LogP contribution in [0, 0.1) is 0 Å². The molecule has 1 aliphatic heterocycles. The summed E-state index contributed by atoms with van der Waals surface area (Å²) < 4.78 is 27.3. The number of nitrogens with two attached hydrogens (primary N) is 1. The van der Waals surface area contributed by atoms with E-state index in [1.807, 2.05) is 0 Å². The van der Waals surface area contributed by atoms with E-state index in [1.165, 1.54) is 4.90 Å². The summed E-state index contributed by atoms with van der Waals surface area (Å²) in [6, 6.07) is 0. The highest BCUT2D eigenvalue weighted by Crippen LogP contribution is 2.13. The maximum absolute atomic E-state index is 11.6. The molecule has 1 heterocycles. The molecule has 0 amide bonds. The second-order valence-electron chi connectivity index (χ2n) is 2.38. The van der Waals surface area contributed by atoms with E-state index in [-0.39, 0.29) is 19.0 Å². The highest BCUT2D eigenvalue weighted by atomic mass is 19.3. The molecule has 1 rings (SSSR count). The fourth-order valence-corrected chi connectivity index (χ4v) is 0.920. The predicted octanol–water partition coefficient (Wildman–Crippen LogP) is -0.386. The van der Waals surface area contributed by atoms with Crippen LogP contribution >= 0.6 is 0 Å². The number of hydrogen-bond acceptors (Lipinski definition) is 3. The van der Waals surface area contributed by atoms with Crippen molar-refractivity contribution >= 4 is 5.96 Å². The molecule has 5 nitrogen and oxygen atoms in total. The lowest BCUT2D eigenvalue weighted by atomic mass is 10.2. The van der Waals surface area contributed by atoms with Gasteiger partial charge >= 0.3 is 6.61 Å². The Balaban J connectivity index is 2.20. The monoisotopic (exact) mass is 181 g/mol. The minimum Gasteiger partial charge on any atom is -0.408 e. The van der Waals surface area contributed by atoms with Crippen LogP contribution in [0.25, 0.3) is 0 Å². The number of likely N-dealkylation sites (tertiary alicyclic amines) is 1. The number of guanidine groups is 1. The van der Waals surface area contributed by atoms with E-state index in [1.54, 1.807) is 0 Å². The molecular weight excluding hydrogens is 172 g/mol. The van der Waals surface area contributed by atoms with Crippen molar-refractivity contribution in [2.75, 3.05) is 13.1 Å². The van der Waals surface area contributed by atoms with Crippen molar-refractivity contribution in [2.24, 2.45) is 10.9 Å². The Morgan fingerprint density at radius 2 is 2.25 bits per heavy atom. The fraction of sp³-hybridized carbons (Fsp3) is 0.800. The number of hydrogen-bond donors (Lipinski definition) is 2. The number of alkyl halides is 2. The second-order valence-corrected chi connectivity index (χ2v) is 2.38. The molecule has 70 valence electrons. The van der Waals surface area contributed by atoms with Gasteiger partial charge in [0.05, 0.1) is 6.10 Å². The highest BCUT2D eigenvalue weighted by Gasteiger charge is 2.31. The third-order valence-electron chi connectivity index (χ3n) is 1.57. The summed E-state index contributed by atoms with van der Waals surface area (Å²) in [4.78, 5) is 1.42. The minimum atomic E-state index is -2.76. The van der Waals surface area contributed by atoms with E-state index in [9.17, 15) is 8.78 Å². The first-order chi connectivity index (χ1) is 5.63. The quantitative estimate of drug-likeness (QED) is 0.263. The average molecular weight is 181 g/mol. The summed E-state index contributed by atoms with van der Waals surface area (Å²) in [6.45, 7) is -2.29. The van der Waals surface area contributed by atoms with Gasteiger partial charge in [-0.25, -0.2) is 0 Å². The van der Waals surface area contributed by atoms with Crippen LogP contribution in [0.1, 0.15) is 0 Å². The Morgan fingerprint density at radius 3 is 2.67 bits per heavy atom. The maximum Gasteiger partial charge on any atom is 0.345 e. The van der Waals surface area contributed by atoms with Crippen LogP contribution in [0.2, 0.25) is 0 Å². The molecule has 12 heavy (non-hydrogen) atoms. The van der Waals surface area contributed by atoms with Crippen molar-refractivity contribution < 1.29 is 18.7 Å². The van der Waals surface area contributed by atoms with Crippen molar-refractivity contribution in [1.82, 2.24) is 4.90 Å². The summed E-state index contributed by atoms with van der Waals surface area (Å²) in [5.41, 5.74) is 5.15. The van der Waals surface area contributed by atoms with Crippen molar-refractivity contribution in [3.05, 3.63) is 0 Å². The molecular formula is C5H9F2N3O2. The van der Waals surface area contributed by atoms with Crippen LogP contribution in [0.3, 0.4) is 0 Å². The number of ether oxygens (including phenoxy) is 1. The lowest BCUT2D eigenvalue weighted by molar-refractivity contribution is -0.187. The topological polar surface area (TPSA) is 71.1 Å². The molecule has 3 N–H and O–H groups in total. The fourth-order valence-electron chi connectivity index (χ4n) is 0.920. The Hall–Kier alpha value is -1.11. The number of halogens is 2. The van der Waals surface area contributed by atoms with Crippen molar-refractivity contribution in [3.63, 3.8) is 0 Å². The van der Waals surface area contributed by atoms with Crippen LogP contribution < -0.4 is 5.73 Å². The third-order valence-corrected chi connectivity index (χ3v) is 1.57. The van der Waals surface area contributed by atoms with Crippen molar-refractivity contribution in [3.8, 4) is 0 Å². The molecule has 0 bridgehead atoms. The SMILES string of the molecule is N/C(=N\O)N1CC(OC(F)F)C1. The average Bonchev–Trinajstić information content (AvgIpc) is 1.94. The normalized spacial score (nSPS) is 19.9. The maximum atomic E-state index is 11.6. The molecule has 0 spiro atoms. The molecule has 0 radical (unpaired) electrons. The molecule has 7 heteroatoms. The second kappa shape index (κ2) is 3.53. The summed E-state index contributed by atoms with van der Waals surface area (Å²) in [6.07, 6.45) is -0.523. The van der Waals surface area contributed by atoms with Gasteiger partial charge in [-0.15, -0.1) is 0 Å². The molecule has 0 aromatic rings. The zero-order chi connectivity index (χ0) is 9.14. The molecule has 0 aromatic heterocycles. The molecule has 0 aromatic carbocycles. The van der Waals surface area contributed by atoms with Gasteiger partial charge in [-0.05, 0) is 0 Å². The van der Waals surface area contributed by atoms with E-state index in [0.717, 1.165) is 0 Å². The minimum absolute atomic E-state index is 0.0795. The first-order valence-corrected chi connectivity index (χ1v) is 3.29. The summed E-state index contributed by atoms with van der Waals surface area (Å²) in [5, 5.41) is 10.9. The summed E-state index contributed by atoms with van der Waals surface area (Å²) in [7, 11) is 0. The van der Waals surface area contributed by atoms with Crippen LogP contribution in [0.15, 0.2) is 5.16 Å². The van der Waals surface area contributed by atoms with Gasteiger partial charge in [0.1, 0.15) is 0 Å². The van der Waals surface area contributed by atoms with Crippen LogP contribution in [0.4, 0.5) is 8.78 Å². The van der Waals surface area contributed by atoms with E-state index >= 15 is 0 Å². The van der Waals surface area contributed by atoms with Gasteiger partial charge in [-0.2, -0.15) is 8.78 Å². The van der Waals surface area contributed by atoms with Crippen LogP contribution in [-0.2, 0) is 4.74 Å².